The van der Waals surface area contributed by atoms with Crippen LogP contribution in [-0.2, 0) is 22.7 Å². The number of carbonyl (C=O) groups is 1. The van der Waals surface area contributed by atoms with Gasteiger partial charge in [-0.3, -0.25) is 4.79 Å². The van der Waals surface area contributed by atoms with Gasteiger partial charge in [0.1, 0.15) is 0 Å². The summed E-state index contributed by atoms with van der Waals surface area (Å²) < 4.78 is 80.1. The lowest BCUT2D eigenvalue weighted by Crippen LogP contribution is -2.48. The zero-order valence-electron chi connectivity index (χ0n) is 19.1. The molecule has 0 aromatic heterocycles. The standard InChI is InChI=1S/C28H20F6N2O/c29-27(30,31)21-13-7-15-23(17-21)35-25(37)26(19-9-3-1-4-10-19,20-11-5-2-6-12-20)36-24-16-8-14-22(18-24)28(32,33)34/h1-18,36H,(H,35,37). The summed E-state index contributed by atoms with van der Waals surface area (Å²) in [6.45, 7) is 0. The van der Waals surface area contributed by atoms with Gasteiger partial charge in [-0.1, -0.05) is 72.8 Å². The minimum atomic E-state index is -4.63. The zero-order chi connectivity index (χ0) is 26.7. The van der Waals surface area contributed by atoms with Gasteiger partial charge in [-0.25, -0.2) is 0 Å². The Labute approximate surface area is 208 Å². The maximum Gasteiger partial charge on any atom is 0.416 e. The molecule has 0 saturated heterocycles. The molecule has 0 heterocycles. The third-order valence-electron chi connectivity index (χ3n) is 5.72. The van der Waals surface area contributed by atoms with Gasteiger partial charge >= 0.3 is 12.4 Å². The highest BCUT2D eigenvalue weighted by Gasteiger charge is 2.43. The topological polar surface area (TPSA) is 41.1 Å². The van der Waals surface area contributed by atoms with Crippen LogP contribution in [0.1, 0.15) is 22.3 Å². The molecule has 0 fully saturated rings. The number of anilines is 2. The molecule has 0 aliphatic heterocycles. The first kappa shape index (κ1) is 25.8. The molecule has 0 atom stereocenters. The van der Waals surface area contributed by atoms with E-state index in [1.807, 2.05) is 0 Å². The van der Waals surface area contributed by atoms with Crippen molar-refractivity contribution in [3.05, 3.63) is 131 Å². The minimum Gasteiger partial charge on any atom is -0.364 e. The largest absolute Gasteiger partial charge is 0.416 e. The van der Waals surface area contributed by atoms with Crippen molar-refractivity contribution >= 4 is 17.3 Å². The Kier molecular flexibility index (Phi) is 6.98. The second kappa shape index (κ2) is 10.0. The molecule has 0 aliphatic carbocycles. The number of benzene rings is 4. The molecule has 1 amide bonds. The van der Waals surface area contributed by atoms with Crippen molar-refractivity contribution < 1.29 is 31.1 Å². The fourth-order valence-electron chi connectivity index (χ4n) is 3.99. The van der Waals surface area contributed by atoms with E-state index in [2.05, 4.69) is 10.6 Å². The summed E-state index contributed by atoms with van der Waals surface area (Å²) in [5, 5.41) is 5.50. The van der Waals surface area contributed by atoms with Crippen LogP contribution in [0.4, 0.5) is 37.7 Å². The van der Waals surface area contributed by atoms with Crippen LogP contribution in [0.15, 0.2) is 109 Å². The summed E-state index contributed by atoms with van der Waals surface area (Å²) in [4.78, 5) is 14.0. The second-order valence-electron chi connectivity index (χ2n) is 8.22. The fraction of sp³-hybridized carbons (Fsp3) is 0.107. The molecule has 0 bridgehead atoms. The highest BCUT2D eigenvalue weighted by atomic mass is 19.4. The maximum atomic E-state index is 14.0. The summed E-state index contributed by atoms with van der Waals surface area (Å²) >= 11 is 0. The van der Waals surface area contributed by atoms with Crippen molar-refractivity contribution in [2.24, 2.45) is 0 Å². The van der Waals surface area contributed by atoms with Crippen LogP contribution in [0.2, 0.25) is 0 Å². The molecule has 4 aromatic rings. The van der Waals surface area contributed by atoms with E-state index in [1.54, 1.807) is 60.7 Å². The number of rotatable bonds is 6. The SMILES string of the molecule is O=C(Nc1cccc(C(F)(F)F)c1)C(Nc1cccc(C(F)(F)F)c1)(c1ccccc1)c1ccccc1. The Morgan fingerprint density at radius 3 is 1.38 bits per heavy atom. The number of alkyl halides is 6. The first-order valence-corrected chi connectivity index (χ1v) is 11.1. The smallest absolute Gasteiger partial charge is 0.364 e. The van der Waals surface area contributed by atoms with Gasteiger partial charge in [0, 0.05) is 11.4 Å². The maximum absolute atomic E-state index is 14.0. The lowest BCUT2D eigenvalue weighted by Gasteiger charge is -2.36. The van der Waals surface area contributed by atoms with E-state index in [-0.39, 0.29) is 11.4 Å². The van der Waals surface area contributed by atoms with Crippen molar-refractivity contribution in [1.29, 1.82) is 0 Å². The minimum absolute atomic E-state index is 0.0123. The van der Waals surface area contributed by atoms with Gasteiger partial charge in [0.15, 0.2) is 5.54 Å². The van der Waals surface area contributed by atoms with E-state index in [0.717, 1.165) is 30.3 Å². The number of hydrogen-bond acceptors (Lipinski definition) is 2. The second-order valence-corrected chi connectivity index (χ2v) is 8.22. The molecule has 4 aromatic carbocycles. The summed E-state index contributed by atoms with van der Waals surface area (Å²) in [6, 6.07) is 24.9. The van der Waals surface area contributed by atoms with Gasteiger partial charge in [-0.2, -0.15) is 26.3 Å². The first-order chi connectivity index (χ1) is 17.5. The van der Waals surface area contributed by atoms with Crippen molar-refractivity contribution in [2.75, 3.05) is 10.6 Å². The molecule has 4 rings (SSSR count). The molecule has 0 saturated carbocycles. The van der Waals surface area contributed by atoms with Gasteiger partial charge in [0.05, 0.1) is 11.1 Å². The molecule has 0 aliphatic rings. The van der Waals surface area contributed by atoms with Crippen LogP contribution in [0.25, 0.3) is 0 Å². The first-order valence-electron chi connectivity index (χ1n) is 11.1. The number of nitrogens with one attached hydrogen (secondary N) is 2. The molecule has 9 heteroatoms. The predicted molar refractivity (Wildman–Crippen MR) is 129 cm³/mol. The molecule has 0 unspecified atom stereocenters. The Balaban J connectivity index is 1.88. The van der Waals surface area contributed by atoms with E-state index in [0.29, 0.717) is 11.1 Å². The van der Waals surface area contributed by atoms with E-state index in [9.17, 15) is 31.1 Å². The van der Waals surface area contributed by atoms with Crippen LogP contribution in [0.5, 0.6) is 0 Å². The molecular weight excluding hydrogens is 494 g/mol. The lowest BCUT2D eigenvalue weighted by molar-refractivity contribution is -0.138. The van der Waals surface area contributed by atoms with Crippen LogP contribution in [-0.4, -0.2) is 5.91 Å². The highest BCUT2D eigenvalue weighted by Crippen LogP contribution is 2.38. The zero-order valence-corrected chi connectivity index (χ0v) is 19.1. The van der Waals surface area contributed by atoms with E-state index in [4.69, 9.17) is 0 Å². The number of hydrogen-bond donors (Lipinski definition) is 2. The molecule has 2 N–H and O–H groups in total. The molecular formula is C28H20F6N2O. The van der Waals surface area contributed by atoms with Crippen molar-refractivity contribution in [3.8, 4) is 0 Å². The van der Waals surface area contributed by atoms with Crippen LogP contribution < -0.4 is 10.6 Å². The summed E-state index contributed by atoms with van der Waals surface area (Å²) in [7, 11) is 0. The van der Waals surface area contributed by atoms with Crippen LogP contribution >= 0.6 is 0 Å². The Hall–Kier alpha value is -4.27. The molecule has 37 heavy (non-hydrogen) atoms. The number of carbonyl (C=O) groups excluding carboxylic acids is 1. The number of halogens is 6. The molecule has 3 nitrogen and oxygen atoms in total. The van der Waals surface area contributed by atoms with Gasteiger partial charge < -0.3 is 10.6 Å². The highest BCUT2D eigenvalue weighted by molar-refractivity contribution is 6.03. The van der Waals surface area contributed by atoms with Gasteiger partial charge in [-0.05, 0) is 47.5 Å². The lowest BCUT2D eigenvalue weighted by atomic mass is 9.81. The molecule has 190 valence electrons. The summed E-state index contributed by atoms with van der Waals surface area (Å²) in [5.41, 5.74) is -3.09. The van der Waals surface area contributed by atoms with Gasteiger partial charge in [-0.15, -0.1) is 0 Å². The normalized spacial score (nSPS) is 12.2. The molecule has 0 spiro atoms. The van der Waals surface area contributed by atoms with Crippen LogP contribution in [0, 0.1) is 0 Å². The monoisotopic (exact) mass is 514 g/mol. The van der Waals surface area contributed by atoms with Crippen molar-refractivity contribution in [3.63, 3.8) is 0 Å². The van der Waals surface area contributed by atoms with Crippen molar-refractivity contribution in [2.45, 2.75) is 17.9 Å². The third kappa shape index (κ3) is 5.61. The van der Waals surface area contributed by atoms with E-state index >= 15 is 0 Å². The predicted octanol–water partition coefficient (Wildman–Crippen LogP) is 7.72. The average molecular weight is 514 g/mol. The van der Waals surface area contributed by atoms with E-state index < -0.39 is 34.9 Å². The van der Waals surface area contributed by atoms with Crippen molar-refractivity contribution in [1.82, 2.24) is 0 Å². The Morgan fingerprint density at radius 2 is 0.919 bits per heavy atom. The van der Waals surface area contributed by atoms with E-state index in [1.165, 1.54) is 18.2 Å². The quantitative estimate of drug-likeness (QED) is 0.259. The molecule has 0 radical (unpaired) electrons. The summed E-state index contributed by atoms with van der Waals surface area (Å²) in [6.07, 6.45) is -9.26. The van der Waals surface area contributed by atoms with Gasteiger partial charge in [0.2, 0.25) is 0 Å². The van der Waals surface area contributed by atoms with Gasteiger partial charge in [0.25, 0.3) is 5.91 Å². The summed E-state index contributed by atoms with van der Waals surface area (Å²) in [5.74, 6) is -0.790. The average Bonchev–Trinajstić information content (AvgIpc) is 2.87. The number of amides is 1. The fourth-order valence-corrected chi connectivity index (χ4v) is 3.99. The third-order valence-corrected chi connectivity index (χ3v) is 5.72. The Bertz CT molecular complexity index is 1330. The Morgan fingerprint density at radius 1 is 0.514 bits per heavy atom. The van der Waals surface area contributed by atoms with Crippen LogP contribution in [0.3, 0.4) is 0 Å².